The molecule has 0 saturated carbocycles. The predicted molar refractivity (Wildman–Crippen MR) is 63.7 cm³/mol. The molecule has 0 aliphatic heterocycles. The second-order valence-electron chi connectivity index (χ2n) is 4.92. The molecule has 2 bridgehead atoms. The molecule has 0 fully saturated rings. The van der Waals surface area contributed by atoms with Crippen molar-refractivity contribution in [1.29, 1.82) is 0 Å². The van der Waals surface area contributed by atoms with Crippen molar-refractivity contribution < 1.29 is 9.68 Å². The average molecular weight is 234 g/mol. The molecule has 4 heteroatoms. The van der Waals surface area contributed by atoms with E-state index in [1.165, 1.54) is 36.0 Å². The Labute approximate surface area is 101 Å². The highest BCUT2D eigenvalue weighted by Gasteiger charge is 2.36. The van der Waals surface area contributed by atoms with Crippen LogP contribution in [0.5, 0.6) is 0 Å². The van der Waals surface area contributed by atoms with Crippen molar-refractivity contribution in [2.45, 2.75) is 44.3 Å². The van der Waals surface area contributed by atoms with E-state index in [-0.39, 0.29) is 12.2 Å². The van der Waals surface area contributed by atoms with Crippen molar-refractivity contribution in [2.75, 3.05) is 0 Å². The molecule has 0 aromatic heterocycles. The Kier molecular flexibility index (Phi) is 2.88. The Hall–Kier alpha value is -0.940. The molecular formula is C13H18N2O2. The molecule has 3 rings (SSSR count). The molecule has 0 radical (unpaired) electrons. The summed E-state index contributed by atoms with van der Waals surface area (Å²) in [6, 6.07) is 4.33. The number of hydrogen-bond acceptors (Lipinski definition) is 4. The lowest BCUT2D eigenvalue weighted by molar-refractivity contribution is -0.0757. The second kappa shape index (κ2) is 4.38. The largest absolute Gasteiger partial charge is 0.293 e. The van der Waals surface area contributed by atoms with Crippen LogP contribution in [0, 0.1) is 0 Å². The molecule has 4 N–H and O–H groups in total. The van der Waals surface area contributed by atoms with Crippen LogP contribution in [0.2, 0.25) is 0 Å². The third-order valence-corrected chi connectivity index (χ3v) is 3.98. The summed E-state index contributed by atoms with van der Waals surface area (Å²) in [6.07, 6.45) is 5.57. The minimum atomic E-state index is -0.248. The van der Waals surface area contributed by atoms with E-state index in [0.29, 0.717) is 0 Å². The standard InChI is InChI=1S/C13H18N2O2/c14-16-12-9-6-8-4-2-1-3-5-10(8)11(7-9)13(12)17-15/h6-7,12-13H,1-5,14-15H2. The van der Waals surface area contributed by atoms with Crippen molar-refractivity contribution in [3.63, 3.8) is 0 Å². The number of rotatable bonds is 2. The Bertz CT molecular complexity index is 434. The van der Waals surface area contributed by atoms with Crippen LogP contribution in [0.15, 0.2) is 12.1 Å². The molecule has 2 aliphatic carbocycles. The summed E-state index contributed by atoms with van der Waals surface area (Å²) in [5.74, 6) is 10.7. The summed E-state index contributed by atoms with van der Waals surface area (Å²) in [6.45, 7) is 0. The van der Waals surface area contributed by atoms with E-state index in [1.807, 2.05) is 0 Å². The Balaban J connectivity index is 2.08. The van der Waals surface area contributed by atoms with Gasteiger partial charge in [-0.2, -0.15) is 0 Å². The predicted octanol–water partition coefficient (Wildman–Crippen LogP) is 1.83. The van der Waals surface area contributed by atoms with E-state index in [9.17, 15) is 0 Å². The summed E-state index contributed by atoms with van der Waals surface area (Å²) in [5, 5.41) is 0. The molecule has 2 unspecified atom stereocenters. The van der Waals surface area contributed by atoms with Crippen LogP contribution < -0.4 is 11.8 Å². The molecule has 0 saturated heterocycles. The summed E-state index contributed by atoms with van der Waals surface area (Å²) in [7, 11) is 0. The fraction of sp³-hybridized carbons (Fsp3) is 0.538. The molecule has 92 valence electrons. The first-order valence-electron chi connectivity index (χ1n) is 6.22. The Morgan fingerprint density at radius 3 is 2.47 bits per heavy atom. The maximum atomic E-state index is 5.39. The lowest BCUT2D eigenvalue weighted by Crippen LogP contribution is -2.18. The lowest BCUT2D eigenvalue weighted by Gasteiger charge is -2.17. The Morgan fingerprint density at radius 2 is 1.71 bits per heavy atom. The van der Waals surface area contributed by atoms with Gasteiger partial charge in [-0.15, -0.1) is 0 Å². The van der Waals surface area contributed by atoms with E-state index >= 15 is 0 Å². The number of aryl methyl sites for hydroxylation is 1. The lowest BCUT2D eigenvalue weighted by atomic mass is 9.97. The highest BCUT2D eigenvalue weighted by atomic mass is 16.7. The van der Waals surface area contributed by atoms with Gasteiger partial charge in [0.2, 0.25) is 0 Å². The van der Waals surface area contributed by atoms with Gasteiger partial charge in [-0.25, -0.2) is 11.8 Å². The van der Waals surface area contributed by atoms with Gasteiger partial charge in [0.05, 0.1) is 0 Å². The zero-order valence-electron chi connectivity index (χ0n) is 9.82. The number of nitrogens with two attached hydrogens (primary N) is 2. The van der Waals surface area contributed by atoms with E-state index < -0.39 is 0 Å². The van der Waals surface area contributed by atoms with Gasteiger partial charge in [0.1, 0.15) is 12.2 Å². The van der Waals surface area contributed by atoms with Gasteiger partial charge >= 0.3 is 0 Å². The first-order chi connectivity index (χ1) is 8.35. The molecule has 0 spiro atoms. The Morgan fingerprint density at radius 1 is 0.941 bits per heavy atom. The smallest absolute Gasteiger partial charge is 0.136 e. The molecule has 2 atom stereocenters. The fourth-order valence-corrected chi connectivity index (χ4v) is 3.15. The maximum absolute atomic E-state index is 5.39. The molecule has 0 amide bonds. The molecule has 0 heterocycles. The van der Waals surface area contributed by atoms with Gasteiger partial charge in [0, 0.05) is 0 Å². The monoisotopic (exact) mass is 234 g/mol. The molecule has 2 aliphatic rings. The molecule has 4 nitrogen and oxygen atoms in total. The number of benzene rings is 1. The molecule has 17 heavy (non-hydrogen) atoms. The number of hydrogen-bond donors (Lipinski definition) is 2. The van der Waals surface area contributed by atoms with Crippen molar-refractivity contribution in [1.82, 2.24) is 0 Å². The van der Waals surface area contributed by atoms with Crippen LogP contribution in [0.4, 0.5) is 0 Å². The number of fused-ring (bicyclic) bond motifs is 4. The average Bonchev–Trinajstić information content (AvgIpc) is 2.51. The minimum Gasteiger partial charge on any atom is -0.293 e. The van der Waals surface area contributed by atoms with E-state index in [1.54, 1.807) is 0 Å². The van der Waals surface area contributed by atoms with Gasteiger partial charge in [0.15, 0.2) is 0 Å². The van der Waals surface area contributed by atoms with Crippen LogP contribution in [0.3, 0.4) is 0 Å². The minimum absolute atomic E-state index is 0.239. The summed E-state index contributed by atoms with van der Waals surface area (Å²) < 4.78 is 0. The van der Waals surface area contributed by atoms with Gasteiger partial charge in [0.25, 0.3) is 0 Å². The van der Waals surface area contributed by atoms with Crippen molar-refractivity contribution >= 4 is 0 Å². The fourth-order valence-electron chi connectivity index (χ4n) is 3.15. The highest BCUT2D eigenvalue weighted by molar-refractivity contribution is 5.47. The normalized spacial score (nSPS) is 26.7. The zero-order valence-corrected chi connectivity index (χ0v) is 9.82. The highest BCUT2D eigenvalue weighted by Crippen LogP contribution is 2.44. The summed E-state index contributed by atoms with van der Waals surface area (Å²) in [4.78, 5) is 10.1. The van der Waals surface area contributed by atoms with E-state index in [0.717, 1.165) is 18.4 Å². The molecule has 1 aromatic carbocycles. The molecule has 1 aromatic rings. The van der Waals surface area contributed by atoms with Gasteiger partial charge in [-0.05, 0) is 54.0 Å². The quantitative estimate of drug-likeness (QED) is 0.605. The van der Waals surface area contributed by atoms with Gasteiger partial charge in [-0.3, -0.25) is 9.68 Å². The maximum Gasteiger partial charge on any atom is 0.136 e. The van der Waals surface area contributed by atoms with E-state index in [4.69, 9.17) is 21.5 Å². The van der Waals surface area contributed by atoms with E-state index in [2.05, 4.69) is 12.1 Å². The SMILES string of the molecule is NOC1c2cc3c(c(c2)C1ON)CCCCC3. The molecular weight excluding hydrogens is 216 g/mol. The first-order valence-corrected chi connectivity index (χ1v) is 6.22. The topological polar surface area (TPSA) is 70.5 Å². The van der Waals surface area contributed by atoms with Crippen LogP contribution >= 0.6 is 0 Å². The third kappa shape index (κ3) is 1.68. The van der Waals surface area contributed by atoms with Crippen LogP contribution in [-0.2, 0) is 22.5 Å². The van der Waals surface area contributed by atoms with Gasteiger partial charge < -0.3 is 0 Å². The first kappa shape index (κ1) is 11.2. The summed E-state index contributed by atoms with van der Waals surface area (Å²) in [5.41, 5.74) is 5.11. The van der Waals surface area contributed by atoms with Crippen LogP contribution in [0.25, 0.3) is 0 Å². The second-order valence-corrected chi connectivity index (χ2v) is 4.92. The third-order valence-electron chi connectivity index (χ3n) is 3.98. The van der Waals surface area contributed by atoms with Crippen LogP contribution in [0.1, 0.15) is 53.7 Å². The van der Waals surface area contributed by atoms with Crippen molar-refractivity contribution in [3.05, 3.63) is 34.4 Å². The van der Waals surface area contributed by atoms with Crippen LogP contribution in [-0.4, -0.2) is 0 Å². The van der Waals surface area contributed by atoms with Crippen molar-refractivity contribution in [2.24, 2.45) is 11.8 Å². The van der Waals surface area contributed by atoms with Gasteiger partial charge in [-0.1, -0.05) is 12.5 Å². The summed E-state index contributed by atoms with van der Waals surface area (Å²) >= 11 is 0. The van der Waals surface area contributed by atoms with Crippen molar-refractivity contribution in [3.8, 4) is 0 Å². The zero-order chi connectivity index (χ0) is 11.8.